The molecule has 0 aromatic carbocycles. The Kier molecular flexibility index (Phi) is 21.0. The Balaban J connectivity index is 2.46. The number of unbranched alkanes of at least 4 members (excludes halogenated alkanes) is 12. The minimum atomic E-state index is -1.13. The summed E-state index contributed by atoms with van der Waals surface area (Å²) in [5.41, 5.74) is -0.733. The van der Waals surface area contributed by atoms with Gasteiger partial charge < -0.3 is 30.7 Å². The maximum atomic E-state index is 13.3. The lowest BCUT2D eigenvalue weighted by Gasteiger charge is -2.27. The number of hydrogen-bond acceptors (Lipinski definition) is 8. The molecular formula is C33H58N4O8S. The van der Waals surface area contributed by atoms with Crippen molar-refractivity contribution in [2.75, 3.05) is 25.4 Å². The van der Waals surface area contributed by atoms with Crippen molar-refractivity contribution in [1.82, 2.24) is 20.9 Å². The standard InChI is InChI=1S/C33H58N4O8S/c1-5-6-7-8-9-10-11-12-13-14-15-16-17-20-29(40)46-24-25(30(41)37-21-18-19-26(37)31(42)43)36-28(39)23-34-27(38)22-35-32(44)45-33(2,3)4/h25-26H,5-24H2,1-4H3,(H,34,38)(H,35,44)(H,36,39)(H,42,43)/t25-,26-/m0/s1. The van der Waals surface area contributed by atoms with E-state index >= 15 is 0 Å². The van der Waals surface area contributed by atoms with Crippen molar-refractivity contribution in [3.05, 3.63) is 0 Å². The van der Waals surface area contributed by atoms with E-state index in [1.807, 2.05) is 0 Å². The first-order valence-corrected chi connectivity index (χ1v) is 18.0. The molecule has 0 spiro atoms. The molecule has 0 bridgehead atoms. The summed E-state index contributed by atoms with van der Waals surface area (Å²) in [5, 5.41) is 16.6. The number of thioether (sulfide) groups is 1. The second-order valence-corrected chi connectivity index (χ2v) is 14.0. The van der Waals surface area contributed by atoms with Gasteiger partial charge in [0.05, 0.1) is 6.54 Å². The molecule has 264 valence electrons. The molecule has 13 heteroatoms. The van der Waals surface area contributed by atoms with Crippen LogP contribution in [0.2, 0.25) is 0 Å². The van der Waals surface area contributed by atoms with E-state index < -0.39 is 60.6 Å². The van der Waals surface area contributed by atoms with Crippen molar-refractivity contribution in [3.8, 4) is 0 Å². The number of ether oxygens (including phenoxy) is 1. The van der Waals surface area contributed by atoms with Crippen LogP contribution in [0.25, 0.3) is 0 Å². The normalized spacial score (nSPS) is 15.2. The van der Waals surface area contributed by atoms with E-state index in [1.165, 1.54) is 62.7 Å². The highest BCUT2D eigenvalue weighted by Gasteiger charge is 2.37. The van der Waals surface area contributed by atoms with Gasteiger partial charge in [0.1, 0.15) is 24.2 Å². The Bertz CT molecular complexity index is 972. The topological polar surface area (TPSA) is 171 Å². The van der Waals surface area contributed by atoms with Crippen molar-refractivity contribution in [3.63, 3.8) is 0 Å². The highest BCUT2D eigenvalue weighted by molar-refractivity contribution is 8.13. The number of nitrogens with zero attached hydrogens (tertiary/aromatic N) is 1. The minimum Gasteiger partial charge on any atom is -0.480 e. The van der Waals surface area contributed by atoms with Gasteiger partial charge in [-0.1, -0.05) is 95.7 Å². The van der Waals surface area contributed by atoms with Gasteiger partial charge in [0.15, 0.2) is 5.12 Å². The fraction of sp³-hybridized carbons (Fsp3) is 0.818. The molecule has 1 fully saturated rings. The average Bonchev–Trinajstić information content (AvgIpc) is 3.49. The summed E-state index contributed by atoms with van der Waals surface area (Å²) in [6.45, 7) is 6.63. The van der Waals surface area contributed by atoms with Crippen molar-refractivity contribution in [1.29, 1.82) is 0 Å². The predicted octanol–water partition coefficient (Wildman–Crippen LogP) is 4.93. The van der Waals surface area contributed by atoms with Crippen molar-refractivity contribution >= 4 is 46.7 Å². The van der Waals surface area contributed by atoms with Gasteiger partial charge in [-0.15, -0.1) is 0 Å². The number of aliphatic carboxylic acids is 1. The molecule has 0 aromatic rings. The lowest BCUT2D eigenvalue weighted by atomic mass is 10.0. The molecule has 1 rings (SSSR count). The summed E-state index contributed by atoms with van der Waals surface area (Å²) >= 11 is 0.950. The number of hydrogen-bond donors (Lipinski definition) is 4. The molecule has 0 aliphatic carbocycles. The molecule has 12 nitrogen and oxygen atoms in total. The van der Waals surface area contributed by atoms with E-state index in [9.17, 15) is 33.9 Å². The highest BCUT2D eigenvalue weighted by atomic mass is 32.2. The van der Waals surface area contributed by atoms with Gasteiger partial charge in [-0.05, 0) is 40.0 Å². The van der Waals surface area contributed by atoms with Gasteiger partial charge in [-0.25, -0.2) is 9.59 Å². The lowest BCUT2D eigenvalue weighted by Crippen LogP contribution is -2.54. The number of nitrogens with one attached hydrogen (secondary N) is 3. The largest absolute Gasteiger partial charge is 0.480 e. The van der Waals surface area contributed by atoms with Gasteiger partial charge in [0.2, 0.25) is 17.7 Å². The quantitative estimate of drug-likeness (QED) is 0.110. The Morgan fingerprint density at radius 3 is 1.91 bits per heavy atom. The van der Waals surface area contributed by atoms with Gasteiger partial charge in [-0.3, -0.25) is 19.2 Å². The monoisotopic (exact) mass is 670 g/mol. The number of amides is 4. The average molecular weight is 671 g/mol. The molecular weight excluding hydrogens is 612 g/mol. The first kappa shape index (κ1) is 41.2. The molecule has 1 aliphatic heterocycles. The third-order valence-electron chi connectivity index (χ3n) is 7.59. The van der Waals surface area contributed by atoms with Crippen LogP contribution < -0.4 is 16.0 Å². The highest BCUT2D eigenvalue weighted by Crippen LogP contribution is 2.21. The van der Waals surface area contributed by atoms with Crippen molar-refractivity contribution < 1.29 is 38.6 Å². The second-order valence-electron chi connectivity index (χ2n) is 13.0. The molecule has 1 saturated heterocycles. The zero-order valence-corrected chi connectivity index (χ0v) is 29.3. The number of rotatable bonds is 23. The number of alkyl carbamates (subject to hydrolysis) is 1. The number of likely N-dealkylation sites (tertiary alicyclic amines) is 1. The molecule has 1 heterocycles. The summed E-state index contributed by atoms with van der Waals surface area (Å²) in [4.78, 5) is 75.3. The van der Waals surface area contributed by atoms with Crippen LogP contribution in [-0.4, -0.2) is 88.0 Å². The fourth-order valence-corrected chi connectivity index (χ4v) is 6.02. The predicted molar refractivity (Wildman–Crippen MR) is 179 cm³/mol. The third kappa shape index (κ3) is 19.6. The second kappa shape index (κ2) is 23.5. The maximum absolute atomic E-state index is 13.3. The molecule has 0 unspecified atom stereocenters. The first-order chi connectivity index (χ1) is 21.8. The zero-order chi connectivity index (χ0) is 34.4. The first-order valence-electron chi connectivity index (χ1n) is 17.1. The fourth-order valence-electron chi connectivity index (χ4n) is 5.15. The summed E-state index contributed by atoms with van der Waals surface area (Å²) in [5.74, 6) is -3.06. The van der Waals surface area contributed by atoms with Crippen LogP contribution in [0.3, 0.4) is 0 Å². The molecule has 0 saturated carbocycles. The Morgan fingerprint density at radius 2 is 1.37 bits per heavy atom. The molecule has 2 atom stereocenters. The van der Waals surface area contributed by atoms with Gasteiger partial charge >= 0.3 is 12.1 Å². The van der Waals surface area contributed by atoms with E-state index in [1.54, 1.807) is 20.8 Å². The van der Waals surface area contributed by atoms with Gasteiger partial charge in [-0.2, -0.15) is 0 Å². The Labute approximate surface area is 279 Å². The van der Waals surface area contributed by atoms with E-state index in [-0.39, 0.29) is 17.4 Å². The van der Waals surface area contributed by atoms with Gasteiger partial charge in [0, 0.05) is 18.7 Å². The molecule has 0 radical (unpaired) electrons. The van der Waals surface area contributed by atoms with Crippen LogP contribution in [0.5, 0.6) is 0 Å². The van der Waals surface area contributed by atoms with E-state index in [0.29, 0.717) is 19.3 Å². The summed E-state index contributed by atoms with van der Waals surface area (Å²) in [6.07, 6.45) is 16.1. The molecule has 4 amide bonds. The van der Waals surface area contributed by atoms with Gasteiger partial charge in [0.25, 0.3) is 0 Å². The molecule has 1 aliphatic rings. The number of carbonyl (C=O) groups is 6. The van der Waals surface area contributed by atoms with E-state index in [2.05, 4.69) is 22.9 Å². The lowest BCUT2D eigenvalue weighted by molar-refractivity contribution is -0.149. The summed E-state index contributed by atoms with van der Waals surface area (Å²) in [7, 11) is 0. The number of carbonyl (C=O) groups excluding carboxylic acids is 5. The third-order valence-corrected chi connectivity index (χ3v) is 8.61. The molecule has 46 heavy (non-hydrogen) atoms. The SMILES string of the molecule is CCCCCCCCCCCCCCCC(=O)SC[C@H](NC(=O)CNC(=O)CNC(=O)OC(C)(C)C)C(=O)N1CCC[C@H]1C(=O)O. The van der Waals surface area contributed by atoms with Crippen LogP contribution in [0.15, 0.2) is 0 Å². The minimum absolute atomic E-state index is 0.0428. The Hall–Kier alpha value is -2.83. The Morgan fingerprint density at radius 1 is 0.826 bits per heavy atom. The van der Waals surface area contributed by atoms with Crippen LogP contribution >= 0.6 is 11.8 Å². The van der Waals surface area contributed by atoms with Crippen molar-refractivity contribution in [2.45, 2.75) is 148 Å². The molecule has 4 N–H and O–H groups in total. The van der Waals surface area contributed by atoms with Crippen LogP contribution in [0.4, 0.5) is 4.79 Å². The van der Waals surface area contributed by atoms with Crippen LogP contribution in [0, 0.1) is 0 Å². The smallest absolute Gasteiger partial charge is 0.408 e. The molecule has 0 aromatic heterocycles. The van der Waals surface area contributed by atoms with Crippen molar-refractivity contribution in [2.24, 2.45) is 0 Å². The number of carboxylic acids is 1. The number of carboxylic acid groups (broad SMARTS) is 1. The van der Waals surface area contributed by atoms with Crippen LogP contribution in [0.1, 0.15) is 130 Å². The van der Waals surface area contributed by atoms with Crippen LogP contribution in [-0.2, 0) is 28.7 Å². The van der Waals surface area contributed by atoms with E-state index in [4.69, 9.17) is 4.74 Å². The maximum Gasteiger partial charge on any atom is 0.408 e. The van der Waals surface area contributed by atoms with E-state index in [0.717, 1.165) is 37.4 Å². The summed E-state index contributed by atoms with van der Waals surface area (Å²) < 4.78 is 5.06. The summed E-state index contributed by atoms with van der Waals surface area (Å²) in [6, 6.07) is -2.12. The zero-order valence-electron chi connectivity index (χ0n) is 28.5.